The van der Waals surface area contributed by atoms with E-state index in [2.05, 4.69) is 0 Å². The maximum absolute atomic E-state index is 11.0. The van der Waals surface area contributed by atoms with E-state index in [0.717, 1.165) is 0 Å². The fraction of sp³-hybridized carbons (Fsp3) is 0.750. The molecule has 1 fully saturated rings. The SMILES string of the molecule is CC(C)CN1CC(=O)CC1=O. The van der Waals surface area contributed by atoms with Crippen molar-refractivity contribution < 1.29 is 9.59 Å². The van der Waals surface area contributed by atoms with Crippen LogP contribution in [0.4, 0.5) is 0 Å². The molecule has 0 aromatic rings. The lowest BCUT2D eigenvalue weighted by atomic mass is 10.2. The minimum atomic E-state index is -0.0105. The van der Waals surface area contributed by atoms with Gasteiger partial charge >= 0.3 is 0 Å². The standard InChI is InChI=1S/C8H13NO2/c1-6(2)4-9-5-7(10)3-8(9)11/h6H,3-5H2,1-2H3. The Hall–Kier alpha value is -0.860. The topological polar surface area (TPSA) is 37.4 Å². The predicted molar refractivity (Wildman–Crippen MR) is 41.0 cm³/mol. The minimum absolute atomic E-state index is 0.0105. The van der Waals surface area contributed by atoms with E-state index in [1.54, 1.807) is 4.90 Å². The van der Waals surface area contributed by atoms with Gasteiger partial charge in [0.15, 0.2) is 5.78 Å². The van der Waals surface area contributed by atoms with E-state index in [1.165, 1.54) is 0 Å². The number of rotatable bonds is 2. The molecule has 62 valence electrons. The zero-order chi connectivity index (χ0) is 8.43. The van der Waals surface area contributed by atoms with Crippen LogP contribution in [0.2, 0.25) is 0 Å². The largest absolute Gasteiger partial charge is 0.335 e. The second-order valence-corrected chi connectivity index (χ2v) is 3.38. The van der Waals surface area contributed by atoms with E-state index in [0.29, 0.717) is 19.0 Å². The highest BCUT2D eigenvalue weighted by Crippen LogP contribution is 2.08. The Morgan fingerprint density at radius 2 is 2.09 bits per heavy atom. The van der Waals surface area contributed by atoms with Gasteiger partial charge in [-0.05, 0) is 5.92 Å². The van der Waals surface area contributed by atoms with Crippen molar-refractivity contribution in [1.82, 2.24) is 4.90 Å². The highest BCUT2D eigenvalue weighted by atomic mass is 16.2. The molecule has 1 aliphatic rings. The van der Waals surface area contributed by atoms with E-state index >= 15 is 0 Å². The quantitative estimate of drug-likeness (QED) is 0.543. The lowest BCUT2D eigenvalue weighted by molar-refractivity contribution is -0.128. The number of hydrogen-bond donors (Lipinski definition) is 0. The monoisotopic (exact) mass is 155 g/mol. The summed E-state index contributed by atoms with van der Waals surface area (Å²) < 4.78 is 0. The van der Waals surface area contributed by atoms with Crippen molar-refractivity contribution in [3.05, 3.63) is 0 Å². The summed E-state index contributed by atoms with van der Waals surface area (Å²) >= 11 is 0. The van der Waals surface area contributed by atoms with Crippen LogP contribution >= 0.6 is 0 Å². The van der Waals surface area contributed by atoms with Gasteiger partial charge in [0, 0.05) is 6.54 Å². The summed E-state index contributed by atoms with van der Waals surface area (Å²) in [5, 5.41) is 0. The Morgan fingerprint density at radius 1 is 1.45 bits per heavy atom. The van der Waals surface area contributed by atoms with Gasteiger partial charge in [0.25, 0.3) is 0 Å². The number of carbonyl (C=O) groups excluding carboxylic acids is 2. The fourth-order valence-electron chi connectivity index (χ4n) is 1.24. The third-order valence-corrected chi connectivity index (χ3v) is 1.65. The predicted octanol–water partition coefficient (Wildman–Crippen LogP) is 0.444. The number of carbonyl (C=O) groups is 2. The van der Waals surface area contributed by atoms with Crippen LogP contribution in [-0.4, -0.2) is 29.7 Å². The van der Waals surface area contributed by atoms with Crippen molar-refractivity contribution in [2.45, 2.75) is 20.3 Å². The highest BCUT2D eigenvalue weighted by molar-refractivity contribution is 6.05. The molecule has 0 aliphatic carbocycles. The fourth-order valence-corrected chi connectivity index (χ4v) is 1.24. The molecule has 0 saturated carbocycles. The van der Waals surface area contributed by atoms with Crippen LogP contribution in [0.15, 0.2) is 0 Å². The Balaban J connectivity index is 2.47. The Labute approximate surface area is 66.4 Å². The van der Waals surface area contributed by atoms with Crippen molar-refractivity contribution in [2.24, 2.45) is 5.92 Å². The molecule has 0 aromatic carbocycles. The third kappa shape index (κ3) is 2.03. The number of amides is 1. The summed E-state index contributed by atoms with van der Waals surface area (Å²) in [7, 11) is 0. The Bertz CT molecular complexity index is 187. The van der Waals surface area contributed by atoms with Gasteiger partial charge < -0.3 is 4.90 Å². The maximum atomic E-state index is 11.0. The summed E-state index contributed by atoms with van der Waals surface area (Å²) in [6.07, 6.45) is 0.118. The average Bonchev–Trinajstić information content (AvgIpc) is 2.09. The molecular formula is C8H13NO2. The van der Waals surface area contributed by atoms with Gasteiger partial charge in [-0.15, -0.1) is 0 Å². The van der Waals surface area contributed by atoms with E-state index < -0.39 is 0 Å². The summed E-state index contributed by atoms with van der Waals surface area (Å²) in [5.74, 6) is 0.490. The smallest absolute Gasteiger partial charge is 0.230 e. The number of likely N-dealkylation sites (tertiary alicyclic amines) is 1. The minimum Gasteiger partial charge on any atom is -0.335 e. The van der Waals surface area contributed by atoms with Gasteiger partial charge in [-0.1, -0.05) is 13.8 Å². The van der Waals surface area contributed by atoms with E-state index in [-0.39, 0.29) is 18.1 Å². The molecule has 0 spiro atoms. The molecule has 1 rings (SSSR count). The van der Waals surface area contributed by atoms with Crippen LogP contribution in [0.3, 0.4) is 0 Å². The van der Waals surface area contributed by atoms with Gasteiger partial charge in [-0.25, -0.2) is 0 Å². The molecule has 0 unspecified atom stereocenters. The first-order valence-electron chi connectivity index (χ1n) is 3.89. The zero-order valence-electron chi connectivity index (χ0n) is 6.96. The lowest BCUT2D eigenvalue weighted by Crippen LogP contribution is -2.29. The number of ketones is 1. The molecule has 0 radical (unpaired) electrons. The van der Waals surface area contributed by atoms with E-state index in [1.807, 2.05) is 13.8 Å². The van der Waals surface area contributed by atoms with Crippen molar-refractivity contribution in [3.8, 4) is 0 Å². The molecule has 0 atom stereocenters. The normalized spacial score (nSPS) is 18.6. The van der Waals surface area contributed by atoms with Crippen molar-refractivity contribution in [3.63, 3.8) is 0 Å². The van der Waals surface area contributed by atoms with Crippen LogP contribution in [0.5, 0.6) is 0 Å². The zero-order valence-corrected chi connectivity index (χ0v) is 6.96. The second kappa shape index (κ2) is 3.03. The maximum Gasteiger partial charge on any atom is 0.230 e. The van der Waals surface area contributed by atoms with Crippen molar-refractivity contribution in [1.29, 1.82) is 0 Å². The van der Waals surface area contributed by atoms with Gasteiger partial charge in [0.1, 0.15) is 0 Å². The molecule has 3 heteroatoms. The molecule has 0 aromatic heterocycles. The van der Waals surface area contributed by atoms with Crippen LogP contribution in [0.25, 0.3) is 0 Å². The number of nitrogens with zero attached hydrogens (tertiary/aromatic N) is 1. The first-order chi connectivity index (χ1) is 5.09. The van der Waals surface area contributed by atoms with Gasteiger partial charge in [0.2, 0.25) is 5.91 Å². The van der Waals surface area contributed by atoms with Crippen LogP contribution in [0, 0.1) is 5.92 Å². The van der Waals surface area contributed by atoms with E-state index in [4.69, 9.17) is 0 Å². The molecule has 1 aliphatic heterocycles. The molecule has 1 saturated heterocycles. The van der Waals surface area contributed by atoms with E-state index in [9.17, 15) is 9.59 Å². The first-order valence-corrected chi connectivity index (χ1v) is 3.89. The molecule has 0 N–H and O–H groups in total. The van der Waals surface area contributed by atoms with Crippen molar-refractivity contribution in [2.75, 3.05) is 13.1 Å². The summed E-state index contributed by atoms with van der Waals surface area (Å²) in [4.78, 5) is 23.4. The van der Waals surface area contributed by atoms with Crippen LogP contribution < -0.4 is 0 Å². The molecular weight excluding hydrogens is 142 g/mol. The van der Waals surface area contributed by atoms with Gasteiger partial charge in [0.05, 0.1) is 13.0 Å². The van der Waals surface area contributed by atoms with Crippen molar-refractivity contribution >= 4 is 11.7 Å². The second-order valence-electron chi connectivity index (χ2n) is 3.38. The highest BCUT2D eigenvalue weighted by Gasteiger charge is 2.27. The molecule has 1 amide bonds. The summed E-state index contributed by atoms with van der Waals surface area (Å²) in [5.41, 5.74) is 0. The molecule has 3 nitrogen and oxygen atoms in total. The number of Topliss-reactive ketones (excluding diaryl/α,β-unsaturated/α-hetero) is 1. The average molecular weight is 155 g/mol. The van der Waals surface area contributed by atoms with Gasteiger partial charge in [-0.3, -0.25) is 9.59 Å². The molecule has 0 bridgehead atoms. The summed E-state index contributed by atoms with van der Waals surface area (Å²) in [6.45, 7) is 5.12. The Morgan fingerprint density at radius 3 is 2.45 bits per heavy atom. The molecule has 11 heavy (non-hydrogen) atoms. The third-order valence-electron chi connectivity index (χ3n) is 1.65. The Kier molecular flexibility index (Phi) is 2.27. The van der Waals surface area contributed by atoms with Gasteiger partial charge in [-0.2, -0.15) is 0 Å². The van der Waals surface area contributed by atoms with Crippen LogP contribution in [-0.2, 0) is 9.59 Å². The number of hydrogen-bond acceptors (Lipinski definition) is 2. The van der Waals surface area contributed by atoms with Crippen LogP contribution in [0.1, 0.15) is 20.3 Å². The summed E-state index contributed by atoms with van der Waals surface area (Å²) in [6, 6.07) is 0. The lowest BCUT2D eigenvalue weighted by Gasteiger charge is -2.16. The first kappa shape index (κ1) is 8.24. The molecule has 1 heterocycles.